The molecule has 0 saturated carbocycles. The lowest BCUT2D eigenvalue weighted by atomic mass is 9.95. The van der Waals surface area contributed by atoms with E-state index in [1.54, 1.807) is 6.07 Å². The average Bonchev–Trinajstić information content (AvgIpc) is 2.76. The fourth-order valence-corrected chi connectivity index (χ4v) is 2.33. The number of rotatable bonds is 4. The number of nitrogens with zero attached hydrogens (tertiary/aromatic N) is 1. The van der Waals surface area contributed by atoms with Gasteiger partial charge in [0, 0.05) is 25.6 Å². The largest absolute Gasteiger partial charge is 0.386 e. The lowest BCUT2D eigenvalue weighted by Gasteiger charge is -2.28. The molecule has 1 fully saturated rings. The van der Waals surface area contributed by atoms with E-state index in [-0.39, 0.29) is 12.1 Å². The maximum absolute atomic E-state index is 10.4. The van der Waals surface area contributed by atoms with Crippen LogP contribution in [0.15, 0.2) is 24.3 Å². The van der Waals surface area contributed by atoms with Gasteiger partial charge in [0.25, 0.3) is 0 Å². The highest BCUT2D eigenvalue weighted by Gasteiger charge is 2.39. The third-order valence-electron chi connectivity index (χ3n) is 3.89. The Morgan fingerprint density at radius 3 is 3.05 bits per heavy atom. The van der Waals surface area contributed by atoms with Crippen LogP contribution in [-0.2, 0) is 4.74 Å². The number of hydrogen-bond acceptors (Lipinski definition) is 4. The first-order chi connectivity index (χ1) is 9.05. The molecule has 1 aromatic carbocycles. The van der Waals surface area contributed by atoms with Crippen LogP contribution in [0.3, 0.4) is 0 Å². The van der Waals surface area contributed by atoms with E-state index in [9.17, 15) is 5.11 Å². The van der Waals surface area contributed by atoms with E-state index in [0.29, 0.717) is 25.1 Å². The zero-order valence-corrected chi connectivity index (χ0v) is 11.4. The zero-order valence-electron chi connectivity index (χ0n) is 11.4. The molecule has 102 valence electrons. The standard InChI is InChI=1S/C15H20N2O2/c1-11(14-5-3-4-13(8-14)9-16)17-10-15(18)6-7-19-12(15)2/h3-5,8,11-12,17-18H,6-7,10H2,1-2H3. The van der Waals surface area contributed by atoms with Gasteiger partial charge in [-0.1, -0.05) is 12.1 Å². The predicted molar refractivity (Wildman–Crippen MR) is 72.6 cm³/mol. The van der Waals surface area contributed by atoms with Crippen LogP contribution in [0.5, 0.6) is 0 Å². The summed E-state index contributed by atoms with van der Waals surface area (Å²) in [7, 11) is 0. The summed E-state index contributed by atoms with van der Waals surface area (Å²) >= 11 is 0. The van der Waals surface area contributed by atoms with Crippen molar-refractivity contribution in [1.82, 2.24) is 5.32 Å². The van der Waals surface area contributed by atoms with Gasteiger partial charge in [-0.2, -0.15) is 5.26 Å². The average molecular weight is 260 g/mol. The molecule has 3 unspecified atom stereocenters. The van der Waals surface area contributed by atoms with Gasteiger partial charge in [0.2, 0.25) is 0 Å². The summed E-state index contributed by atoms with van der Waals surface area (Å²) in [6.45, 7) is 5.03. The number of benzene rings is 1. The Morgan fingerprint density at radius 2 is 2.42 bits per heavy atom. The van der Waals surface area contributed by atoms with Crippen LogP contribution in [0.25, 0.3) is 0 Å². The van der Waals surface area contributed by atoms with Crippen molar-refractivity contribution in [2.75, 3.05) is 13.2 Å². The van der Waals surface area contributed by atoms with E-state index in [1.165, 1.54) is 0 Å². The highest BCUT2D eigenvalue weighted by molar-refractivity contribution is 5.34. The Morgan fingerprint density at radius 1 is 1.63 bits per heavy atom. The summed E-state index contributed by atoms with van der Waals surface area (Å²) in [6.07, 6.45) is 0.518. The molecule has 1 aliphatic rings. The summed E-state index contributed by atoms with van der Waals surface area (Å²) in [5, 5.41) is 22.6. The van der Waals surface area contributed by atoms with Gasteiger partial charge in [0.05, 0.1) is 17.7 Å². The van der Waals surface area contributed by atoms with E-state index in [0.717, 1.165) is 5.56 Å². The summed E-state index contributed by atoms with van der Waals surface area (Å²) in [4.78, 5) is 0. The van der Waals surface area contributed by atoms with Gasteiger partial charge in [0.1, 0.15) is 5.60 Å². The van der Waals surface area contributed by atoms with Crippen molar-refractivity contribution >= 4 is 0 Å². The minimum atomic E-state index is -0.791. The molecule has 0 radical (unpaired) electrons. The van der Waals surface area contributed by atoms with Crippen LogP contribution in [0.4, 0.5) is 0 Å². The van der Waals surface area contributed by atoms with Gasteiger partial charge in [-0.3, -0.25) is 0 Å². The second-order valence-corrected chi connectivity index (χ2v) is 5.21. The SMILES string of the molecule is CC(NCC1(O)CCOC1C)c1cccc(C#N)c1. The molecule has 0 amide bonds. The maximum Gasteiger partial charge on any atom is 0.105 e. The Bertz CT molecular complexity index is 483. The molecule has 0 spiro atoms. The smallest absolute Gasteiger partial charge is 0.105 e. The highest BCUT2D eigenvalue weighted by Crippen LogP contribution is 2.25. The van der Waals surface area contributed by atoms with E-state index in [1.807, 2.05) is 32.0 Å². The quantitative estimate of drug-likeness (QED) is 0.865. The molecule has 0 aliphatic carbocycles. The first-order valence-electron chi connectivity index (χ1n) is 6.62. The van der Waals surface area contributed by atoms with E-state index in [2.05, 4.69) is 11.4 Å². The van der Waals surface area contributed by atoms with Crippen molar-refractivity contribution in [3.63, 3.8) is 0 Å². The van der Waals surface area contributed by atoms with E-state index in [4.69, 9.17) is 10.00 Å². The first kappa shape index (κ1) is 14.0. The second-order valence-electron chi connectivity index (χ2n) is 5.21. The summed E-state index contributed by atoms with van der Waals surface area (Å²) < 4.78 is 5.41. The molecular formula is C15H20N2O2. The number of nitrogens with one attached hydrogen (secondary N) is 1. The van der Waals surface area contributed by atoms with Gasteiger partial charge < -0.3 is 15.2 Å². The summed E-state index contributed by atoms with van der Waals surface area (Å²) in [5.74, 6) is 0. The Kier molecular flexibility index (Phi) is 4.20. The van der Waals surface area contributed by atoms with Crippen LogP contribution in [0, 0.1) is 11.3 Å². The molecule has 1 saturated heterocycles. The van der Waals surface area contributed by atoms with Crippen LogP contribution in [0.1, 0.15) is 37.4 Å². The summed E-state index contributed by atoms with van der Waals surface area (Å²) in [5.41, 5.74) is 0.915. The third-order valence-corrected chi connectivity index (χ3v) is 3.89. The number of hydrogen-bond donors (Lipinski definition) is 2. The van der Waals surface area contributed by atoms with Crippen LogP contribution < -0.4 is 5.32 Å². The van der Waals surface area contributed by atoms with Crippen molar-refractivity contribution in [3.8, 4) is 6.07 Å². The fraction of sp³-hybridized carbons (Fsp3) is 0.533. The van der Waals surface area contributed by atoms with Crippen molar-refractivity contribution in [2.24, 2.45) is 0 Å². The van der Waals surface area contributed by atoms with E-state index >= 15 is 0 Å². The molecule has 2 N–H and O–H groups in total. The molecule has 1 aliphatic heterocycles. The third kappa shape index (κ3) is 3.13. The lowest BCUT2D eigenvalue weighted by molar-refractivity contribution is -0.0274. The number of ether oxygens (including phenoxy) is 1. The molecule has 0 aromatic heterocycles. The first-order valence-corrected chi connectivity index (χ1v) is 6.62. The molecule has 4 nitrogen and oxygen atoms in total. The minimum absolute atomic E-state index is 0.0881. The second kappa shape index (κ2) is 5.70. The molecule has 1 aromatic rings. The maximum atomic E-state index is 10.4. The van der Waals surface area contributed by atoms with E-state index < -0.39 is 5.60 Å². The molecule has 4 heteroatoms. The molecule has 1 heterocycles. The predicted octanol–water partition coefficient (Wildman–Crippen LogP) is 1.75. The lowest BCUT2D eigenvalue weighted by Crippen LogP contribution is -2.46. The van der Waals surface area contributed by atoms with Crippen LogP contribution in [-0.4, -0.2) is 30.0 Å². The number of nitriles is 1. The zero-order chi connectivity index (χ0) is 13.9. The fourth-order valence-electron chi connectivity index (χ4n) is 2.33. The van der Waals surface area contributed by atoms with Gasteiger partial charge >= 0.3 is 0 Å². The topological polar surface area (TPSA) is 65.3 Å². The molecular weight excluding hydrogens is 240 g/mol. The van der Waals surface area contributed by atoms with Gasteiger partial charge in [-0.25, -0.2) is 0 Å². The van der Waals surface area contributed by atoms with Crippen molar-refractivity contribution < 1.29 is 9.84 Å². The monoisotopic (exact) mass is 260 g/mol. The Balaban J connectivity index is 1.97. The van der Waals surface area contributed by atoms with Gasteiger partial charge in [-0.15, -0.1) is 0 Å². The van der Waals surface area contributed by atoms with Crippen molar-refractivity contribution in [1.29, 1.82) is 5.26 Å². The highest BCUT2D eigenvalue weighted by atomic mass is 16.5. The van der Waals surface area contributed by atoms with Crippen molar-refractivity contribution in [2.45, 2.75) is 38.0 Å². The Hall–Kier alpha value is -1.41. The minimum Gasteiger partial charge on any atom is -0.386 e. The molecule has 19 heavy (non-hydrogen) atoms. The summed E-state index contributed by atoms with van der Waals surface area (Å²) in [6, 6.07) is 9.74. The van der Waals surface area contributed by atoms with Crippen LogP contribution in [0.2, 0.25) is 0 Å². The Labute approximate surface area is 114 Å². The molecule has 3 atom stereocenters. The molecule has 2 rings (SSSR count). The van der Waals surface area contributed by atoms with Crippen molar-refractivity contribution in [3.05, 3.63) is 35.4 Å². The van der Waals surface area contributed by atoms with Crippen LogP contribution >= 0.6 is 0 Å². The molecule has 0 bridgehead atoms. The normalized spacial score (nSPS) is 28.0. The van der Waals surface area contributed by atoms with Gasteiger partial charge in [-0.05, 0) is 31.5 Å². The number of aliphatic hydroxyl groups is 1. The van der Waals surface area contributed by atoms with Gasteiger partial charge in [0.15, 0.2) is 0 Å².